The molecule has 0 radical (unpaired) electrons. The van der Waals surface area contributed by atoms with E-state index in [-0.39, 0.29) is 17.9 Å². The van der Waals surface area contributed by atoms with Crippen molar-refractivity contribution in [3.63, 3.8) is 0 Å². The highest BCUT2D eigenvalue weighted by Crippen LogP contribution is 2.40. The van der Waals surface area contributed by atoms with Gasteiger partial charge in [-0.2, -0.15) is 0 Å². The summed E-state index contributed by atoms with van der Waals surface area (Å²) in [5.74, 6) is 1.43. The van der Waals surface area contributed by atoms with Crippen LogP contribution < -0.4 is 19.7 Å². The lowest BCUT2D eigenvalue weighted by atomic mass is 9.89. The van der Waals surface area contributed by atoms with Crippen molar-refractivity contribution in [1.29, 1.82) is 0 Å². The van der Waals surface area contributed by atoms with Crippen molar-refractivity contribution < 1.29 is 14.3 Å². The predicted octanol–water partition coefficient (Wildman–Crippen LogP) is 4.88. The average molecular weight is 470 g/mol. The highest BCUT2D eigenvalue weighted by atomic mass is 16.5. The van der Waals surface area contributed by atoms with Crippen molar-refractivity contribution in [3.05, 3.63) is 89.6 Å². The second-order valence-corrected chi connectivity index (χ2v) is 8.92. The number of methoxy groups -OCH3 is 2. The van der Waals surface area contributed by atoms with Crippen LogP contribution in [-0.4, -0.2) is 44.2 Å². The minimum absolute atomic E-state index is 0.0580. The molecule has 0 aliphatic carbocycles. The summed E-state index contributed by atoms with van der Waals surface area (Å²) in [7, 11) is 3.31. The molecule has 1 aliphatic heterocycles. The third kappa shape index (κ3) is 4.26. The minimum atomic E-state index is -0.342. The number of H-pyrrole nitrogens is 1. The van der Waals surface area contributed by atoms with Gasteiger partial charge in [0.15, 0.2) is 11.5 Å². The molecule has 1 amide bonds. The summed E-state index contributed by atoms with van der Waals surface area (Å²) >= 11 is 0. The maximum Gasteiger partial charge on any atom is 0.243 e. The number of anilines is 1. The van der Waals surface area contributed by atoms with Gasteiger partial charge in [-0.1, -0.05) is 48.5 Å². The van der Waals surface area contributed by atoms with E-state index in [0.29, 0.717) is 18.0 Å². The van der Waals surface area contributed by atoms with Crippen molar-refractivity contribution in [2.24, 2.45) is 0 Å². The molecule has 6 nitrogen and oxygen atoms in total. The normalized spacial score (nSPS) is 14.5. The summed E-state index contributed by atoms with van der Waals surface area (Å²) in [5, 5.41) is 4.68. The third-order valence-corrected chi connectivity index (χ3v) is 6.96. The van der Waals surface area contributed by atoms with E-state index in [4.69, 9.17) is 9.47 Å². The molecular formula is C29H31N3O3. The number of rotatable bonds is 8. The molecule has 6 heteroatoms. The summed E-state index contributed by atoms with van der Waals surface area (Å²) in [6, 6.07) is 22.0. The summed E-state index contributed by atoms with van der Waals surface area (Å²) in [4.78, 5) is 18.7. The molecule has 0 saturated carbocycles. The number of hydrogen-bond donors (Lipinski definition) is 2. The molecule has 0 bridgehead atoms. The molecule has 0 fully saturated rings. The standard InChI is InChI=1S/C29H31N3O3/c1-19(29(33)32-16-15-20-9-4-7-13-26(20)32)30-17-24(22-11-8-14-27(34-2)28(22)35-3)23-18-31-25-12-6-5-10-21(23)25/h4-14,18-19,24,30-31H,15-17H2,1-3H3/t19-,24-/m1/s1. The molecule has 4 aromatic rings. The van der Waals surface area contributed by atoms with Crippen LogP contribution in [-0.2, 0) is 11.2 Å². The number of benzene rings is 3. The second kappa shape index (κ2) is 9.84. The Morgan fingerprint density at radius 1 is 1.00 bits per heavy atom. The summed E-state index contributed by atoms with van der Waals surface area (Å²) < 4.78 is 11.4. The van der Waals surface area contributed by atoms with Gasteiger partial charge in [0, 0.05) is 47.4 Å². The van der Waals surface area contributed by atoms with Crippen molar-refractivity contribution in [1.82, 2.24) is 10.3 Å². The topological polar surface area (TPSA) is 66.6 Å². The summed E-state index contributed by atoms with van der Waals surface area (Å²) in [5.41, 5.74) is 5.48. The van der Waals surface area contributed by atoms with Gasteiger partial charge < -0.3 is 24.7 Å². The Bertz CT molecular complexity index is 1350. The van der Waals surface area contributed by atoms with Crippen molar-refractivity contribution in [2.75, 3.05) is 32.2 Å². The molecule has 2 N–H and O–H groups in total. The van der Waals surface area contributed by atoms with E-state index in [1.54, 1.807) is 14.2 Å². The first kappa shape index (κ1) is 23.0. The molecule has 0 saturated heterocycles. The van der Waals surface area contributed by atoms with Crippen LogP contribution in [0, 0.1) is 0 Å². The van der Waals surface area contributed by atoms with Gasteiger partial charge in [-0.15, -0.1) is 0 Å². The highest BCUT2D eigenvalue weighted by Gasteiger charge is 2.29. The van der Waals surface area contributed by atoms with Crippen LogP contribution in [0.2, 0.25) is 0 Å². The van der Waals surface area contributed by atoms with Crippen LogP contribution in [0.15, 0.2) is 72.9 Å². The first-order chi connectivity index (χ1) is 17.1. The fraction of sp³-hybridized carbons (Fsp3) is 0.276. The monoisotopic (exact) mass is 469 g/mol. The molecule has 1 aliphatic rings. The molecular weight excluding hydrogens is 438 g/mol. The van der Waals surface area contributed by atoms with E-state index in [2.05, 4.69) is 40.8 Å². The quantitative estimate of drug-likeness (QED) is 0.386. The second-order valence-electron chi connectivity index (χ2n) is 8.92. The maximum absolute atomic E-state index is 13.4. The lowest BCUT2D eigenvalue weighted by molar-refractivity contribution is -0.120. The predicted molar refractivity (Wildman–Crippen MR) is 140 cm³/mol. The summed E-state index contributed by atoms with van der Waals surface area (Å²) in [6.45, 7) is 3.23. The number of aromatic nitrogens is 1. The molecule has 0 spiro atoms. The van der Waals surface area contributed by atoms with Gasteiger partial charge >= 0.3 is 0 Å². The van der Waals surface area contributed by atoms with Gasteiger partial charge in [0.25, 0.3) is 0 Å². The van der Waals surface area contributed by atoms with E-state index in [1.807, 2.05) is 54.3 Å². The first-order valence-electron chi connectivity index (χ1n) is 12.0. The number of hydrogen-bond acceptors (Lipinski definition) is 4. The lowest BCUT2D eigenvalue weighted by Gasteiger charge is -2.26. The number of amides is 1. The first-order valence-corrected chi connectivity index (χ1v) is 12.0. The third-order valence-electron chi connectivity index (χ3n) is 6.96. The fourth-order valence-corrected chi connectivity index (χ4v) is 5.14. The Morgan fingerprint density at radius 3 is 2.63 bits per heavy atom. The van der Waals surface area contributed by atoms with Crippen LogP contribution in [0.5, 0.6) is 11.5 Å². The number of para-hydroxylation sites is 3. The number of nitrogens with zero attached hydrogens (tertiary/aromatic N) is 1. The molecule has 2 heterocycles. The Balaban J connectivity index is 1.45. The zero-order valence-corrected chi connectivity index (χ0v) is 20.4. The zero-order valence-electron chi connectivity index (χ0n) is 20.4. The van der Waals surface area contributed by atoms with E-state index < -0.39 is 0 Å². The summed E-state index contributed by atoms with van der Waals surface area (Å²) in [6.07, 6.45) is 2.95. The van der Waals surface area contributed by atoms with E-state index in [1.165, 1.54) is 5.56 Å². The fourth-order valence-electron chi connectivity index (χ4n) is 5.14. The van der Waals surface area contributed by atoms with Crippen LogP contribution >= 0.6 is 0 Å². The van der Waals surface area contributed by atoms with Gasteiger partial charge in [-0.25, -0.2) is 0 Å². The SMILES string of the molecule is COc1cccc([C@@H](CN[C@H](C)C(=O)N2CCc3ccccc32)c2c[nH]c3ccccc23)c1OC. The highest BCUT2D eigenvalue weighted by molar-refractivity contribution is 5.98. The minimum Gasteiger partial charge on any atom is -0.493 e. The maximum atomic E-state index is 13.4. The van der Waals surface area contributed by atoms with Crippen LogP contribution in [0.1, 0.15) is 29.5 Å². The van der Waals surface area contributed by atoms with Crippen LogP contribution in [0.4, 0.5) is 5.69 Å². The van der Waals surface area contributed by atoms with Crippen molar-refractivity contribution >= 4 is 22.5 Å². The number of ether oxygens (including phenoxy) is 2. The smallest absolute Gasteiger partial charge is 0.243 e. The molecule has 0 unspecified atom stereocenters. The average Bonchev–Trinajstić information content (AvgIpc) is 3.53. The largest absolute Gasteiger partial charge is 0.493 e. The molecule has 3 aromatic carbocycles. The van der Waals surface area contributed by atoms with Gasteiger partial charge in [-0.3, -0.25) is 4.79 Å². The molecule has 1 aromatic heterocycles. The molecule has 5 rings (SSSR count). The number of carbonyl (C=O) groups excluding carboxylic acids is 1. The lowest BCUT2D eigenvalue weighted by Crippen LogP contribution is -2.45. The molecule has 35 heavy (non-hydrogen) atoms. The Morgan fingerprint density at radius 2 is 1.80 bits per heavy atom. The van der Waals surface area contributed by atoms with Crippen LogP contribution in [0.25, 0.3) is 10.9 Å². The van der Waals surface area contributed by atoms with Gasteiger partial charge in [0.05, 0.1) is 20.3 Å². The van der Waals surface area contributed by atoms with Crippen LogP contribution in [0.3, 0.4) is 0 Å². The molecule has 180 valence electrons. The Kier molecular flexibility index (Phi) is 6.47. The van der Waals surface area contributed by atoms with E-state index in [9.17, 15) is 4.79 Å². The Labute approximate surface area is 205 Å². The van der Waals surface area contributed by atoms with E-state index >= 15 is 0 Å². The van der Waals surface area contributed by atoms with Crippen molar-refractivity contribution in [3.8, 4) is 11.5 Å². The van der Waals surface area contributed by atoms with Crippen molar-refractivity contribution in [2.45, 2.75) is 25.3 Å². The van der Waals surface area contributed by atoms with Gasteiger partial charge in [0.1, 0.15) is 0 Å². The Hall–Kier alpha value is -3.77. The van der Waals surface area contributed by atoms with Gasteiger partial charge in [-0.05, 0) is 42.7 Å². The molecule has 2 atom stereocenters. The van der Waals surface area contributed by atoms with E-state index in [0.717, 1.165) is 40.7 Å². The number of carbonyl (C=O) groups is 1. The number of aromatic amines is 1. The van der Waals surface area contributed by atoms with Gasteiger partial charge in [0.2, 0.25) is 5.91 Å². The number of fused-ring (bicyclic) bond motifs is 2. The zero-order chi connectivity index (χ0) is 24.4. The number of nitrogens with one attached hydrogen (secondary N) is 2.